The number of halogens is 2. The number of ether oxygens (including phenoxy) is 1. The van der Waals surface area contributed by atoms with Gasteiger partial charge in [0.2, 0.25) is 5.91 Å². The molecule has 0 spiro atoms. The normalized spacial score (nSPS) is 11.1. The van der Waals surface area contributed by atoms with E-state index >= 15 is 0 Å². The predicted octanol–water partition coefficient (Wildman–Crippen LogP) is 5.52. The molecule has 0 aliphatic heterocycles. The zero-order valence-electron chi connectivity index (χ0n) is 14.3. The highest BCUT2D eigenvalue weighted by molar-refractivity contribution is 7.23. The Hall–Kier alpha value is -2.70. The number of hydrogen-bond donors (Lipinski definition) is 1. The Morgan fingerprint density at radius 1 is 1.22 bits per heavy atom. The highest BCUT2D eigenvalue weighted by atomic mass is 35.5. The van der Waals surface area contributed by atoms with Crippen molar-refractivity contribution in [3.8, 4) is 0 Å². The molecule has 1 N–H and O–H groups in total. The van der Waals surface area contributed by atoms with E-state index in [0.29, 0.717) is 16.0 Å². The van der Waals surface area contributed by atoms with Crippen LogP contribution in [0.3, 0.4) is 0 Å². The SMILES string of the molecule is CCOC(=O)c1c(NC(=O)/C=C/c2c(F)cccc2Cl)sc2ccccc12. The fourth-order valence-corrected chi connectivity index (χ4v) is 3.84. The third-order valence-electron chi connectivity index (χ3n) is 3.71. The first-order valence-corrected chi connectivity index (χ1v) is 9.32. The molecule has 0 radical (unpaired) electrons. The molecule has 0 aliphatic rings. The van der Waals surface area contributed by atoms with Gasteiger partial charge in [-0.3, -0.25) is 4.79 Å². The summed E-state index contributed by atoms with van der Waals surface area (Å²) in [6.45, 7) is 1.94. The van der Waals surface area contributed by atoms with Crippen LogP contribution in [0.4, 0.5) is 9.39 Å². The highest BCUT2D eigenvalue weighted by Crippen LogP contribution is 2.36. The van der Waals surface area contributed by atoms with E-state index in [1.165, 1.54) is 41.7 Å². The summed E-state index contributed by atoms with van der Waals surface area (Å²) < 4.78 is 19.7. The Morgan fingerprint density at radius 3 is 2.74 bits per heavy atom. The third kappa shape index (κ3) is 4.18. The van der Waals surface area contributed by atoms with Crippen molar-refractivity contribution in [3.63, 3.8) is 0 Å². The number of benzene rings is 2. The van der Waals surface area contributed by atoms with Crippen molar-refractivity contribution >= 4 is 56.0 Å². The molecule has 138 valence electrons. The molecule has 4 nitrogen and oxygen atoms in total. The largest absolute Gasteiger partial charge is 0.462 e. The smallest absolute Gasteiger partial charge is 0.341 e. The first-order valence-electron chi connectivity index (χ1n) is 8.13. The first kappa shape index (κ1) is 19.1. The molecule has 1 aromatic heterocycles. The monoisotopic (exact) mass is 403 g/mol. The Labute approximate surface area is 164 Å². The molecule has 0 unspecified atom stereocenters. The summed E-state index contributed by atoms with van der Waals surface area (Å²) in [6, 6.07) is 11.6. The zero-order valence-corrected chi connectivity index (χ0v) is 15.9. The van der Waals surface area contributed by atoms with E-state index in [1.807, 2.05) is 18.2 Å². The molecule has 1 heterocycles. The van der Waals surface area contributed by atoms with E-state index < -0.39 is 17.7 Å². The van der Waals surface area contributed by atoms with Crippen molar-refractivity contribution < 1.29 is 18.7 Å². The molecule has 3 aromatic rings. The van der Waals surface area contributed by atoms with Crippen molar-refractivity contribution in [1.82, 2.24) is 0 Å². The molecule has 1 amide bonds. The molecular weight excluding hydrogens is 389 g/mol. The number of esters is 1. The molecule has 0 saturated carbocycles. The second-order valence-corrected chi connectivity index (χ2v) is 6.94. The third-order valence-corrected chi connectivity index (χ3v) is 5.13. The average Bonchev–Trinajstić information content (AvgIpc) is 2.99. The molecule has 0 aliphatic carbocycles. The van der Waals surface area contributed by atoms with Gasteiger partial charge in [-0.15, -0.1) is 11.3 Å². The number of rotatable bonds is 5. The van der Waals surface area contributed by atoms with Crippen molar-refractivity contribution in [1.29, 1.82) is 0 Å². The summed E-state index contributed by atoms with van der Waals surface area (Å²) in [5, 5.41) is 3.96. The van der Waals surface area contributed by atoms with Gasteiger partial charge in [0.1, 0.15) is 16.4 Å². The summed E-state index contributed by atoms with van der Waals surface area (Å²) in [5.74, 6) is -1.54. The summed E-state index contributed by atoms with van der Waals surface area (Å²) >= 11 is 7.21. The average molecular weight is 404 g/mol. The van der Waals surface area contributed by atoms with E-state index in [2.05, 4.69) is 5.32 Å². The van der Waals surface area contributed by atoms with Crippen LogP contribution in [-0.4, -0.2) is 18.5 Å². The van der Waals surface area contributed by atoms with Crippen LogP contribution in [0, 0.1) is 5.82 Å². The first-order chi connectivity index (χ1) is 13.0. The minimum absolute atomic E-state index is 0.122. The van der Waals surface area contributed by atoms with Crippen molar-refractivity contribution in [2.75, 3.05) is 11.9 Å². The number of hydrogen-bond acceptors (Lipinski definition) is 4. The fraction of sp³-hybridized carbons (Fsp3) is 0.100. The van der Waals surface area contributed by atoms with Crippen LogP contribution < -0.4 is 5.32 Å². The van der Waals surface area contributed by atoms with Crippen LogP contribution in [-0.2, 0) is 9.53 Å². The number of carbonyl (C=O) groups excluding carboxylic acids is 2. The number of amides is 1. The summed E-state index contributed by atoms with van der Waals surface area (Å²) in [5.41, 5.74) is 0.430. The maximum absolute atomic E-state index is 13.8. The van der Waals surface area contributed by atoms with Gasteiger partial charge in [0, 0.05) is 21.7 Å². The number of nitrogens with one attached hydrogen (secondary N) is 1. The van der Waals surface area contributed by atoms with Gasteiger partial charge in [0.25, 0.3) is 0 Å². The second-order valence-electron chi connectivity index (χ2n) is 5.48. The van der Waals surface area contributed by atoms with Gasteiger partial charge >= 0.3 is 5.97 Å². The molecule has 2 aromatic carbocycles. The van der Waals surface area contributed by atoms with Gasteiger partial charge in [0.15, 0.2) is 0 Å². The Kier molecular flexibility index (Phi) is 5.88. The highest BCUT2D eigenvalue weighted by Gasteiger charge is 2.21. The van der Waals surface area contributed by atoms with Crippen molar-refractivity contribution in [3.05, 3.63) is 70.5 Å². The summed E-state index contributed by atoms with van der Waals surface area (Å²) in [7, 11) is 0. The van der Waals surface area contributed by atoms with E-state index in [4.69, 9.17) is 16.3 Å². The lowest BCUT2D eigenvalue weighted by Crippen LogP contribution is -2.12. The Morgan fingerprint density at radius 2 is 2.00 bits per heavy atom. The minimum Gasteiger partial charge on any atom is -0.462 e. The lowest BCUT2D eigenvalue weighted by molar-refractivity contribution is -0.111. The number of carbonyl (C=O) groups is 2. The molecule has 0 fully saturated rings. The molecular formula is C20H15ClFNO3S. The molecule has 3 rings (SSSR count). The number of anilines is 1. The van der Waals surface area contributed by atoms with Gasteiger partial charge in [-0.05, 0) is 31.2 Å². The number of fused-ring (bicyclic) bond motifs is 1. The van der Waals surface area contributed by atoms with E-state index in [0.717, 1.165) is 4.70 Å². The van der Waals surface area contributed by atoms with Gasteiger partial charge in [-0.2, -0.15) is 0 Å². The lowest BCUT2D eigenvalue weighted by Gasteiger charge is -2.05. The van der Waals surface area contributed by atoms with E-state index in [1.54, 1.807) is 13.0 Å². The van der Waals surface area contributed by atoms with Crippen molar-refractivity contribution in [2.45, 2.75) is 6.92 Å². The summed E-state index contributed by atoms with van der Waals surface area (Å²) in [6.07, 6.45) is 2.47. The number of thiophene rings is 1. The van der Waals surface area contributed by atoms with Crippen LogP contribution in [0.25, 0.3) is 16.2 Å². The van der Waals surface area contributed by atoms with E-state index in [9.17, 15) is 14.0 Å². The molecule has 7 heteroatoms. The van der Waals surface area contributed by atoms with Gasteiger partial charge in [0.05, 0.1) is 11.6 Å². The van der Waals surface area contributed by atoms with Crippen LogP contribution in [0.5, 0.6) is 0 Å². The Balaban J connectivity index is 1.90. The molecule has 27 heavy (non-hydrogen) atoms. The fourth-order valence-electron chi connectivity index (χ4n) is 2.52. The molecule has 0 saturated heterocycles. The van der Waals surface area contributed by atoms with Crippen molar-refractivity contribution in [2.24, 2.45) is 0 Å². The lowest BCUT2D eigenvalue weighted by atomic mass is 10.1. The van der Waals surface area contributed by atoms with Crippen LogP contribution >= 0.6 is 22.9 Å². The molecule has 0 atom stereocenters. The maximum atomic E-state index is 13.8. The quantitative estimate of drug-likeness (QED) is 0.450. The molecule has 0 bridgehead atoms. The van der Waals surface area contributed by atoms with Gasteiger partial charge in [-0.1, -0.05) is 35.9 Å². The van der Waals surface area contributed by atoms with Crippen LogP contribution in [0.15, 0.2) is 48.5 Å². The minimum atomic E-state index is -0.527. The summed E-state index contributed by atoms with van der Waals surface area (Å²) in [4.78, 5) is 24.6. The Bertz CT molecular complexity index is 1020. The standard InChI is InChI=1S/C20H15ClFNO3S/c1-2-26-20(25)18-13-6-3-4-9-16(13)27-19(18)23-17(24)11-10-12-14(21)7-5-8-15(12)22/h3-11H,2H2,1H3,(H,23,24)/b11-10+. The maximum Gasteiger partial charge on any atom is 0.341 e. The zero-order chi connectivity index (χ0) is 19.4. The van der Waals surface area contributed by atoms with Gasteiger partial charge < -0.3 is 10.1 Å². The topological polar surface area (TPSA) is 55.4 Å². The van der Waals surface area contributed by atoms with E-state index in [-0.39, 0.29) is 17.2 Å². The van der Waals surface area contributed by atoms with Crippen LogP contribution in [0.1, 0.15) is 22.8 Å². The van der Waals surface area contributed by atoms with Gasteiger partial charge in [-0.25, -0.2) is 9.18 Å². The predicted molar refractivity (Wildman–Crippen MR) is 107 cm³/mol. The van der Waals surface area contributed by atoms with Crippen LogP contribution in [0.2, 0.25) is 5.02 Å². The second kappa shape index (κ2) is 8.33.